The molecule has 23 heavy (non-hydrogen) atoms. The van der Waals surface area contributed by atoms with Gasteiger partial charge in [0.2, 0.25) is 0 Å². The van der Waals surface area contributed by atoms with E-state index < -0.39 is 0 Å². The number of halogens is 1. The van der Waals surface area contributed by atoms with Gasteiger partial charge < -0.3 is 9.47 Å². The number of ether oxygens (including phenoxy) is 2. The molecule has 124 valence electrons. The van der Waals surface area contributed by atoms with Crippen molar-refractivity contribution in [3.8, 4) is 11.5 Å². The predicted molar refractivity (Wildman–Crippen MR) is 94.8 cm³/mol. The van der Waals surface area contributed by atoms with Crippen molar-refractivity contribution in [2.45, 2.75) is 26.3 Å². The maximum absolute atomic E-state index is 12.4. The van der Waals surface area contributed by atoms with E-state index in [0.717, 1.165) is 23.7 Å². The Labute approximate surface area is 148 Å². The summed E-state index contributed by atoms with van der Waals surface area (Å²) in [5.74, 6) is 0.881. The molecule has 0 bridgehead atoms. The van der Waals surface area contributed by atoms with Crippen molar-refractivity contribution in [3.63, 3.8) is 0 Å². The first-order valence-corrected chi connectivity index (χ1v) is 8.72. The molecular weight excluding hydrogens is 382 g/mol. The molecule has 0 aromatic heterocycles. The lowest BCUT2D eigenvalue weighted by Gasteiger charge is -2.19. The number of nitrogens with zero attached hydrogens (tertiary/aromatic N) is 1. The second-order valence-corrected chi connectivity index (χ2v) is 6.89. The second kappa shape index (κ2) is 7.40. The quantitative estimate of drug-likeness (QED) is 0.690. The molecule has 0 saturated carbocycles. The maximum Gasteiger partial charge on any atom is 0.293 e. The van der Waals surface area contributed by atoms with Crippen LogP contribution in [0.1, 0.15) is 25.8 Å². The van der Waals surface area contributed by atoms with Crippen LogP contribution in [0.5, 0.6) is 11.5 Å². The fourth-order valence-electron chi connectivity index (χ4n) is 2.21. The highest BCUT2D eigenvalue weighted by Gasteiger charge is 2.37. The maximum atomic E-state index is 12.4. The molecule has 5 nitrogen and oxygen atoms in total. The minimum atomic E-state index is -0.250. The fourth-order valence-corrected chi connectivity index (χ4v) is 3.77. The first kappa shape index (κ1) is 17.9. The van der Waals surface area contributed by atoms with Gasteiger partial charge in [-0.3, -0.25) is 14.5 Å². The van der Waals surface area contributed by atoms with Crippen LogP contribution in [0.2, 0.25) is 0 Å². The Morgan fingerprint density at radius 3 is 2.57 bits per heavy atom. The van der Waals surface area contributed by atoms with E-state index in [1.165, 1.54) is 4.90 Å². The Morgan fingerprint density at radius 2 is 2.00 bits per heavy atom. The van der Waals surface area contributed by atoms with Crippen molar-refractivity contribution >= 4 is 44.9 Å². The number of imide groups is 1. The van der Waals surface area contributed by atoms with Gasteiger partial charge in [-0.2, -0.15) is 0 Å². The molecule has 1 heterocycles. The summed E-state index contributed by atoms with van der Waals surface area (Å²) < 4.78 is 11.3. The number of amides is 2. The largest absolute Gasteiger partial charge is 0.493 e. The van der Waals surface area contributed by atoms with Crippen molar-refractivity contribution in [1.82, 2.24) is 4.90 Å². The van der Waals surface area contributed by atoms with Crippen LogP contribution >= 0.6 is 27.7 Å². The highest BCUT2D eigenvalue weighted by molar-refractivity contribution is 9.10. The molecule has 1 aliphatic heterocycles. The van der Waals surface area contributed by atoms with Crippen LogP contribution in [0.25, 0.3) is 6.08 Å². The van der Waals surface area contributed by atoms with Gasteiger partial charge in [-0.1, -0.05) is 6.92 Å². The van der Waals surface area contributed by atoms with Crippen LogP contribution in [-0.2, 0) is 4.79 Å². The molecule has 1 fully saturated rings. The minimum Gasteiger partial charge on any atom is -0.493 e. The van der Waals surface area contributed by atoms with E-state index in [1.54, 1.807) is 26.4 Å². The van der Waals surface area contributed by atoms with E-state index in [1.807, 2.05) is 19.9 Å². The van der Waals surface area contributed by atoms with Crippen LogP contribution in [-0.4, -0.2) is 36.3 Å². The Kier molecular flexibility index (Phi) is 5.75. The van der Waals surface area contributed by atoms with Crippen molar-refractivity contribution < 1.29 is 19.1 Å². The number of hydrogen-bond acceptors (Lipinski definition) is 5. The third kappa shape index (κ3) is 3.55. The summed E-state index contributed by atoms with van der Waals surface area (Å²) in [7, 11) is 3.10. The Bertz CT molecular complexity index is 674. The number of carbonyl (C=O) groups excluding carboxylic acids is 2. The normalized spacial score (nSPS) is 17.8. The lowest BCUT2D eigenvalue weighted by atomic mass is 10.1. The number of benzene rings is 1. The zero-order chi connectivity index (χ0) is 17.1. The molecule has 1 unspecified atom stereocenters. The van der Waals surface area contributed by atoms with Gasteiger partial charge >= 0.3 is 0 Å². The van der Waals surface area contributed by atoms with E-state index in [2.05, 4.69) is 15.9 Å². The SMILES string of the molecule is CCC(C)N1C(=O)S/C(=C/c2cc(Br)c(OC)c(OC)c2)C1=O. The number of thioether (sulfide) groups is 1. The number of methoxy groups -OCH3 is 2. The van der Waals surface area contributed by atoms with Gasteiger partial charge in [0.05, 0.1) is 23.6 Å². The van der Waals surface area contributed by atoms with E-state index in [9.17, 15) is 9.59 Å². The lowest BCUT2D eigenvalue weighted by molar-refractivity contribution is -0.124. The van der Waals surface area contributed by atoms with Gasteiger partial charge in [-0.05, 0) is 64.8 Å². The lowest BCUT2D eigenvalue weighted by Crippen LogP contribution is -2.36. The molecule has 1 aliphatic rings. The first-order chi connectivity index (χ1) is 10.9. The van der Waals surface area contributed by atoms with Crippen LogP contribution in [0, 0.1) is 0 Å². The van der Waals surface area contributed by atoms with Gasteiger partial charge in [0.15, 0.2) is 11.5 Å². The Morgan fingerprint density at radius 1 is 1.30 bits per heavy atom. The van der Waals surface area contributed by atoms with E-state index in [-0.39, 0.29) is 17.2 Å². The molecule has 2 rings (SSSR count). The van der Waals surface area contributed by atoms with Crippen molar-refractivity contribution in [3.05, 3.63) is 27.1 Å². The Hall–Kier alpha value is -1.47. The van der Waals surface area contributed by atoms with Crippen molar-refractivity contribution in [2.24, 2.45) is 0 Å². The van der Waals surface area contributed by atoms with E-state index >= 15 is 0 Å². The molecular formula is C16H18BrNO4S. The highest BCUT2D eigenvalue weighted by atomic mass is 79.9. The zero-order valence-electron chi connectivity index (χ0n) is 13.4. The molecule has 1 aromatic carbocycles. The van der Waals surface area contributed by atoms with Gasteiger partial charge in [0.25, 0.3) is 11.1 Å². The van der Waals surface area contributed by atoms with Crippen molar-refractivity contribution in [1.29, 1.82) is 0 Å². The van der Waals surface area contributed by atoms with Crippen LogP contribution in [0.15, 0.2) is 21.5 Å². The molecule has 0 N–H and O–H groups in total. The van der Waals surface area contributed by atoms with Gasteiger partial charge in [-0.15, -0.1) is 0 Å². The minimum absolute atomic E-state index is 0.106. The molecule has 0 aliphatic carbocycles. The molecule has 1 saturated heterocycles. The predicted octanol–water partition coefficient (Wildman–Crippen LogP) is 4.30. The second-order valence-electron chi connectivity index (χ2n) is 5.05. The summed E-state index contributed by atoms with van der Waals surface area (Å²) in [6, 6.07) is 3.48. The third-order valence-corrected chi connectivity index (χ3v) is 5.08. The average molecular weight is 400 g/mol. The molecule has 1 atom stereocenters. The summed E-state index contributed by atoms with van der Waals surface area (Å²) >= 11 is 4.38. The summed E-state index contributed by atoms with van der Waals surface area (Å²) in [6.45, 7) is 3.81. The van der Waals surface area contributed by atoms with Gasteiger partial charge in [0, 0.05) is 6.04 Å². The fraction of sp³-hybridized carbons (Fsp3) is 0.375. The van der Waals surface area contributed by atoms with Crippen molar-refractivity contribution in [2.75, 3.05) is 14.2 Å². The summed E-state index contributed by atoms with van der Waals surface area (Å²) in [4.78, 5) is 26.2. The van der Waals surface area contributed by atoms with Crippen LogP contribution in [0.4, 0.5) is 4.79 Å². The van der Waals surface area contributed by atoms with Gasteiger partial charge in [-0.25, -0.2) is 0 Å². The molecule has 2 amide bonds. The zero-order valence-corrected chi connectivity index (χ0v) is 15.8. The summed E-state index contributed by atoms with van der Waals surface area (Å²) in [5.41, 5.74) is 0.754. The number of hydrogen-bond donors (Lipinski definition) is 0. The highest BCUT2D eigenvalue weighted by Crippen LogP contribution is 2.39. The third-order valence-electron chi connectivity index (χ3n) is 3.61. The van der Waals surface area contributed by atoms with Crippen LogP contribution < -0.4 is 9.47 Å². The topological polar surface area (TPSA) is 55.8 Å². The molecule has 0 spiro atoms. The molecule has 0 radical (unpaired) electrons. The molecule has 1 aromatic rings. The van der Waals surface area contributed by atoms with E-state index in [0.29, 0.717) is 20.9 Å². The number of carbonyl (C=O) groups is 2. The van der Waals surface area contributed by atoms with Crippen LogP contribution in [0.3, 0.4) is 0 Å². The summed E-state index contributed by atoms with van der Waals surface area (Å²) in [6.07, 6.45) is 2.42. The Balaban J connectivity index is 2.38. The summed E-state index contributed by atoms with van der Waals surface area (Å²) in [5, 5.41) is -0.227. The smallest absolute Gasteiger partial charge is 0.293 e. The average Bonchev–Trinajstić information content (AvgIpc) is 2.80. The standard InChI is InChI=1S/C16H18BrNO4S/c1-5-9(2)18-15(19)13(23-16(18)20)8-10-6-11(17)14(22-4)12(7-10)21-3/h6-9H,5H2,1-4H3/b13-8+. The van der Waals surface area contributed by atoms with Gasteiger partial charge in [0.1, 0.15) is 0 Å². The monoisotopic (exact) mass is 399 g/mol. The molecule has 7 heteroatoms. The van der Waals surface area contributed by atoms with E-state index in [4.69, 9.17) is 9.47 Å². The first-order valence-electron chi connectivity index (χ1n) is 7.11. The number of rotatable bonds is 5.